The van der Waals surface area contributed by atoms with Crippen molar-refractivity contribution in [3.63, 3.8) is 0 Å². The average Bonchev–Trinajstić information content (AvgIpc) is 2.62. The van der Waals surface area contributed by atoms with Gasteiger partial charge in [-0.3, -0.25) is 9.79 Å². The maximum absolute atomic E-state index is 11.7. The zero-order valence-corrected chi connectivity index (χ0v) is 15.2. The van der Waals surface area contributed by atoms with Gasteiger partial charge in [-0.15, -0.1) is 0 Å². The third-order valence-corrected chi connectivity index (χ3v) is 3.73. The molecule has 0 heterocycles. The van der Waals surface area contributed by atoms with E-state index in [1.807, 2.05) is 68.4 Å². The largest absolute Gasteiger partial charge is 0.457 e. The number of aliphatic imine (C=N–C) groups is 1. The van der Waals surface area contributed by atoms with Gasteiger partial charge in [0.05, 0.1) is 6.54 Å². The van der Waals surface area contributed by atoms with Gasteiger partial charge in [-0.05, 0) is 37.6 Å². The Kier molecular flexibility index (Phi) is 7.49. The number of carbonyl (C=O) groups excluding carboxylic acids is 1. The molecule has 1 atom stereocenters. The van der Waals surface area contributed by atoms with E-state index < -0.39 is 0 Å². The summed E-state index contributed by atoms with van der Waals surface area (Å²) in [4.78, 5) is 15.9. The number of nitrogens with two attached hydrogens (primary N) is 1. The highest BCUT2D eigenvalue weighted by molar-refractivity contribution is 5.92. The lowest BCUT2D eigenvalue weighted by molar-refractivity contribution is -0.121. The van der Waals surface area contributed by atoms with Crippen LogP contribution in [0.5, 0.6) is 11.5 Å². The molecule has 6 nitrogen and oxygen atoms in total. The van der Waals surface area contributed by atoms with Crippen LogP contribution in [0.25, 0.3) is 0 Å². The highest BCUT2D eigenvalue weighted by atomic mass is 16.5. The van der Waals surface area contributed by atoms with Gasteiger partial charge < -0.3 is 21.1 Å². The molecule has 138 valence electrons. The van der Waals surface area contributed by atoms with Gasteiger partial charge in [-0.25, -0.2) is 0 Å². The standard InChI is InChI=1S/C20H26N4O2/c1-3-15(2)23-19(25)12-13-22-20(21)24-16-8-7-11-18(14-16)26-17-9-5-4-6-10-17/h4-11,14-15H,3,12-13H2,1-2H3,(H,23,25)(H3,21,22,24). The molecule has 6 heteroatoms. The maximum Gasteiger partial charge on any atom is 0.222 e. The van der Waals surface area contributed by atoms with Crippen LogP contribution < -0.4 is 21.1 Å². The van der Waals surface area contributed by atoms with E-state index in [1.165, 1.54) is 0 Å². The molecule has 1 amide bonds. The van der Waals surface area contributed by atoms with Crippen molar-refractivity contribution in [2.45, 2.75) is 32.7 Å². The van der Waals surface area contributed by atoms with Crippen LogP contribution in [0.4, 0.5) is 5.69 Å². The summed E-state index contributed by atoms with van der Waals surface area (Å²) in [6.45, 7) is 4.34. The number of hydrogen-bond donors (Lipinski definition) is 3. The third kappa shape index (κ3) is 6.84. The smallest absolute Gasteiger partial charge is 0.222 e. The van der Waals surface area contributed by atoms with Gasteiger partial charge in [-0.1, -0.05) is 31.2 Å². The highest BCUT2D eigenvalue weighted by Crippen LogP contribution is 2.23. The van der Waals surface area contributed by atoms with E-state index in [1.54, 1.807) is 0 Å². The van der Waals surface area contributed by atoms with Gasteiger partial charge in [0.15, 0.2) is 5.96 Å². The second kappa shape index (κ2) is 10.1. The summed E-state index contributed by atoms with van der Waals surface area (Å²) in [6.07, 6.45) is 1.21. The van der Waals surface area contributed by atoms with Gasteiger partial charge in [0, 0.05) is 24.2 Å². The summed E-state index contributed by atoms with van der Waals surface area (Å²) < 4.78 is 5.79. The zero-order valence-electron chi connectivity index (χ0n) is 15.2. The number of amides is 1. The maximum atomic E-state index is 11.7. The minimum absolute atomic E-state index is 0.0193. The first-order chi connectivity index (χ1) is 12.6. The van der Waals surface area contributed by atoms with Gasteiger partial charge >= 0.3 is 0 Å². The van der Waals surface area contributed by atoms with Gasteiger partial charge in [0.1, 0.15) is 11.5 Å². The van der Waals surface area contributed by atoms with Crippen molar-refractivity contribution in [2.75, 3.05) is 11.9 Å². The SMILES string of the molecule is CCC(C)NC(=O)CCN=C(N)Nc1cccc(Oc2ccccc2)c1. The van der Waals surface area contributed by atoms with E-state index in [0.717, 1.165) is 17.9 Å². The molecule has 2 aromatic carbocycles. The minimum atomic E-state index is -0.0193. The van der Waals surface area contributed by atoms with Crippen molar-refractivity contribution < 1.29 is 9.53 Å². The zero-order chi connectivity index (χ0) is 18.8. The lowest BCUT2D eigenvalue weighted by Gasteiger charge is -2.11. The van der Waals surface area contributed by atoms with E-state index in [2.05, 4.69) is 15.6 Å². The van der Waals surface area contributed by atoms with E-state index in [0.29, 0.717) is 18.7 Å². The fraction of sp³-hybridized carbons (Fsp3) is 0.300. The Bertz CT molecular complexity index is 732. The average molecular weight is 354 g/mol. The fourth-order valence-electron chi connectivity index (χ4n) is 2.18. The minimum Gasteiger partial charge on any atom is -0.457 e. The summed E-state index contributed by atoms with van der Waals surface area (Å²) in [7, 11) is 0. The second-order valence-corrected chi connectivity index (χ2v) is 5.96. The van der Waals surface area contributed by atoms with Crippen LogP contribution in [0.15, 0.2) is 59.6 Å². The number of nitrogens with one attached hydrogen (secondary N) is 2. The number of hydrogen-bond acceptors (Lipinski definition) is 3. The number of anilines is 1. The molecule has 1 unspecified atom stereocenters. The molecule has 0 bridgehead atoms. The molecule has 0 spiro atoms. The van der Waals surface area contributed by atoms with Crippen LogP contribution in [-0.2, 0) is 4.79 Å². The molecule has 2 aromatic rings. The predicted molar refractivity (Wildman–Crippen MR) is 106 cm³/mol. The molecule has 4 N–H and O–H groups in total. The Morgan fingerprint density at radius 3 is 2.62 bits per heavy atom. The quantitative estimate of drug-likeness (QED) is 0.500. The molecule has 0 aliphatic carbocycles. The summed E-state index contributed by atoms with van der Waals surface area (Å²) in [5.74, 6) is 1.70. The lowest BCUT2D eigenvalue weighted by atomic mass is 10.2. The van der Waals surface area contributed by atoms with Crippen molar-refractivity contribution in [1.82, 2.24) is 5.32 Å². The number of nitrogens with zero attached hydrogens (tertiary/aromatic N) is 1. The summed E-state index contributed by atoms with van der Waals surface area (Å²) in [5.41, 5.74) is 6.66. The number of ether oxygens (including phenoxy) is 1. The van der Waals surface area contributed by atoms with E-state index in [-0.39, 0.29) is 17.9 Å². The molecule has 2 rings (SSSR count). The first-order valence-corrected chi connectivity index (χ1v) is 8.76. The highest BCUT2D eigenvalue weighted by Gasteiger charge is 2.05. The molecule has 0 saturated heterocycles. The molecule has 0 aliphatic rings. The normalized spacial score (nSPS) is 12.3. The number of carbonyl (C=O) groups is 1. The summed E-state index contributed by atoms with van der Waals surface area (Å²) >= 11 is 0. The number of rotatable bonds is 8. The predicted octanol–water partition coefficient (Wildman–Crippen LogP) is 3.51. The molecule has 0 radical (unpaired) electrons. The molecular formula is C20H26N4O2. The Morgan fingerprint density at radius 1 is 1.15 bits per heavy atom. The van der Waals surface area contributed by atoms with E-state index in [4.69, 9.17) is 10.5 Å². The first kappa shape index (κ1) is 19.3. The van der Waals surface area contributed by atoms with Crippen LogP contribution in [0.1, 0.15) is 26.7 Å². The van der Waals surface area contributed by atoms with Crippen LogP contribution in [0.3, 0.4) is 0 Å². The van der Waals surface area contributed by atoms with Crippen LogP contribution in [-0.4, -0.2) is 24.5 Å². The van der Waals surface area contributed by atoms with E-state index in [9.17, 15) is 4.79 Å². The summed E-state index contributed by atoms with van der Waals surface area (Å²) in [6, 6.07) is 17.2. The molecule has 0 saturated carbocycles. The monoisotopic (exact) mass is 354 g/mol. The van der Waals surface area contributed by atoms with Gasteiger partial charge in [-0.2, -0.15) is 0 Å². The molecule has 0 aliphatic heterocycles. The molecule has 0 fully saturated rings. The Hall–Kier alpha value is -3.02. The van der Waals surface area contributed by atoms with Crippen molar-refractivity contribution in [3.8, 4) is 11.5 Å². The summed E-state index contributed by atoms with van der Waals surface area (Å²) in [5, 5.41) is 5.91. The van der Waals surface area contributed by atoms with Crippen molar-refractivity contribution >= 4 is 17.6 Å². The van der Waals surface area contributed by atoms with Crippen LogP contribution in [0.2, 0.25) is 0 Å². The van der Waals surface area contributed by atoms with Crippen molar-refractivity contribution in [3.05, 3.63) is 54.6 Å². The van der Waals surface area contributed by atoms with Crippen molar-refractivity contribution in [1.29, 1.82) is 0 Å². The fourth-order valence-corrected chi connectivity index (χ4v) is 2.18. The molecule has 0 aromatic heterocycles. The topological polar surface area (TPSA) is 88.7 Å². The molecule has 26 heavy (non-hydrogen) atoms. The Morgan fingerprint density at radius 2 is 1.88 bits per heavy atom. The lowest BCUT2D eigenvalue weighted by Crippen LogP contribution is -2.32. The Balaban J connectivity index is 1.85. The van der Waals surface area contributed by atoms with E-state index >= 15 is 0 Å². The van der Waals surface area contributed by atoms with Crippen LogP contribution in [0, 0.1) is 0 Å². The molecular weight excluding hydrogens is 328 g/mol. The first-order valence-electron chi connectivity index (χ1n) is 8.76. The Labute approximate surface area is 154 Å². The number of benzene rings is 2. The van der Waals surface area contributed by atoms with Crippen LogP contribution >= 0.6 is 0 Å². The second-order valence-electron chi connectivity index (χ2n) is 5.96. The van der Waals surface area contributed by atoms with Gasteiger partial charge in [0.2, 0.25) is 5.91 Å². The van der Waals surface area contributed by atoms with Crippen molar-refractivity contribution in [2.24, 2.45) is 10.7 Å². The number of para-hydroxylation sites is 1. The number of guanidine groups is 1. The third-order valence-electron chi connectivity index (χ3n) is 3.73. The van der Waals surface area contributed by atoms with Gasteiger partial charge in [0.25, 0.3) is 0 Å².